The maximum absolute atomic E-state index is 13.9. The number of aryl methyl sites for hydroxylation is 1. The van der Waals surface area contributed by atoms with E-state index in [1.807, 2.05) is 0 Å². The summed E-state index contributed by atoms with van der Waals surface area (Å²) in [6.07, 6.45) is -4.36. The number of nitrogens with one attached hydrogen (secondary N) is 1. The van der Waals surface area contributed by atoms with Crippen LogP contribution in [0.2, 0.25) is 0 Å². The number of nitrogens with zero attached hydrogens (tertiary/aromatic N) is 1. The van der Waals surface area contributed by atoms with E-state index in [0.717, 1.165) is 11.3 Å². The van der Waals surface area contributed by atoms with Crippen LogP contribution in [-0.2, 0) is 12.6 Å². The lowest BCUT2D eigenvalue weighted by Gasteiger charge is -2.15. The maximum atomic E-state index is 13.9. The lowest BCUT2D eigenvalue weighted by atomic mass is 10.0. The molecule has 2 aromatic heterocycles. The van der Waals surface area contributed by atoms with Crippen molar-refractivity contribution in [1.82, 2.24) is 4.98 Å². The predicted octanol–water partition coefficient (Wildman–Crippen LogP) is 6.25. The minimum Gasteiger partial charge on any atom is -0.397 e. The first-order valence-corrected chi connectivity index (χ1v) is 11.2. The molecule has 0 saturated carbocycles. The lowest BCUT2D eigenvalue weighted by Crippen LogP contribution is -2.15. The second-order valence-corrected chi connectivity index (χ2v) is 8.63. The average molecular weight is 484 g/mol. The second kappa shape index (κ2) is 8.90. The van der Waals surface area contributed by atoms with E-state index in [9.17, 15) is 22.8 Å². The molecule has 0 fully saturated rings. The van der Waals surface area contributed by atoms with Crippen LogP contribution in [0.5, 0.6) is 0 Å². The number of carbonyl (C=O) groups excluding carboxylic acids is 2. The van der Waals surface area contributed by atoms with Gasteiger partial charge < -0.3 is 11.1 Å². The molecule has 0 aliphatic carbocycles. The molecular formula is C25H20F3N3O2S. The molecule has 1 amide bonds. The lowest BCUT2D eigenvalue weighted by molar-refractivity contribution is -0.136. The zero-order valence-corrected chi connectivity index (χ0v) is 19.1. The first-order chi connectivity index (χ1) is 16.1. The van der Waals surface area contributed by atoms with Crippen LogP contribution in [0.1, 0.15) is 49.3 Å². The van der Waals surface area contributed by atoms with Crippen molar-refractivity contribution in [3.05, 3.63) is 87.4 Å². The smallest absolute Gasteiger partial charge is 0.397 e. The van der Waals surface area contributed by atoms with Gasteiger partial charge in [0.05, 0.1) is 16.9 Å². The van der Waals surface area contributed by atoms with Gasteiger partial charge in [0.25, 0.3) is 5.91 Å². The molecule has 0 spiro atoms. The molecule has 9 heteroatoms. The highest BCUT2D eigenvalue weighted by atomic mass is 32.1. The third-order valence-corrected chi connectivity index (χ3v) is 6.60. The van der Waals surface area contributed by atoms with E-state index in [4.69, 9.17) is 5.73 Å². The SMILES string of the molecule is CCc1nc2sc(C(=O)Nc3ccccc3C(=O)c3ccccc3)c(N)c2c(C(F)(F)F)c1C. The van der Waals surface area contributed by atoms with Gasteiger partial charge in [-0.3, -0.25) is 9.59 Å². The van der Waals surface area contributed by atoms with Gasteiger partial charge in [-0.2, -0.15) is 13.2 Å². The number of nitrogen functional groups attached to an aromatic ring is 1. The molecule has 34 heavy (non-hydrogen) atoms. The molecule has 174 valence electrons. The number of benzene rings is 2. The summed E-state index contributed by atoms with van der Waals surface area (Å²) in [7, 11) is 0. The summed E-state index contributed by atoms with van der Waals surface area (Å²) < 4.78 is 41.8. The molecule has 2 heterocycles. The number of rotatable bonds is 5. The summed E-state index contributed by atoms with van der Waals surface area (Å²) >= 11 is 0.797. The minimum absolute atomic E-state index is 0.00207. The summed E-state index contributed by atoms with van der Waals surface area (Å²) in [5, 5.41) is 2.37. The molecule has 0 saturated heterocycles. The fourth-order valence-electron chi connectivity index (χ4n) is 3.87. The molecule has 0 aliphatic rings. The number of thiophene rings is 1. The zero-order chi connectivity index (χ0) is 24.6. The summed E-state index contributed by atoms with van der Waals surface area (Å²) in [6.45, 7) is 3.07. The Morgan fingerprint density at radius 3 is 2.35 bits per heavy atom. The second-order valence-electron chi connectivity index (χ2n) is 7.63. The van der Waals surface area contributed by atoms with Crippen LogP contribution >= 0.6 is 11.3 Å². The number of hydrogen-bond donors (Lipinski definition) is 2. The van der Waals surface area contributed by atoms with E-state index in [-0.39, 0.29) is 43.4 Å². The highest BCUT2D eigenvalue weighted by molar-refractivity contribution is 7.21. The number of para-hydroxylation sites is 1. The molecule has 3 N–H and O–H groups in total. The Morgan fingerprint density at radius 2 is 1.71 bits per heavy atom. The number of alkyl halides is 3. The molecule has 0 bridgehead atoms. The first kappa shape index (κ1) is 23.4. The highest BCUT2D eigenvalue weighted by Gasteiger charge is 2.38. The van der Waals surface area contributed by atoms with Crippen LogP contribution in [0.4, 0.5) is 24.5 Å². The number of amides is 1. The molecule has 4 aromatic rings. The third-order valence-electron chi connectivity index (χ3n) is 5.50. The average Bonchev–Trinajstić information content (AvgIpc) is 3.14. The van der Waals surface area contributed by atoms with E-state index in [0.29, 0.717) is 17.7 Å². The van der Waals surface area contributed by atoms with E-state index in [1.54, 1.807) is 61.5 Å². The number of hydrogen-bond acceptors (Lipinski definition) is 5. The van der Waals surface area contributed by atoms with Crippen molar-refractivity contribution < 1.29 is 22.8 Å². The third kappa shape index (κ3) is 4.14. The highest BCUT2D eigenvalue weighted by Crippen LogP contribution is 2.44. The molecule has 0 radical (unpaired) electrons. The van der Waals surface area contributed by atoms with Gasteiger partial charge in [0, 0.05) is 22.2 Å². The molecule has 0 unspecified atom stereocenters. The fraction of sp³-hybridized carbons (Fsp3) is 0.160. The van der Waals surface area contributed by atoms with Gasteiger partial charge in [0.1, 0.15) is 9.71 Å². The van der Waals surface area contributed by atoms with Gasteiger partial charge in [-0.15, -0.1) is 11.3 Å². The van der Waals surface area contributed by atoms with E-state index < -0.39 is 17.6 Å². The van der Waals surface area contributed by atoms with Crippen LogP contribution in [0, 0.1) is 6.92 Å². The Kier molecular flexibility index (Phi) is 6.14. The zero-order valence-electron chi connectivity index (χ0n) is 18.3. The van der Waals surface area contributed by atoms with Crippen molar-refractivity contribution in [3.63, 3.8) is 0 Å². The maximum Gasteiger partial charge on any atom is 0.417 e. The Hall–Kier alpha value is -3.72. The number of fused-ring (bicyclic) bond motifs is 1. The van der Waals surface area contributed by atoms with E-state index in [1.165, 1.54) is 6.92 Å². The molecule has 5 nitrogen and oxygen atoms in total. The fourth-order valence-corrected chi connectivity index (χ4v) is 4.89. The number of aromatic nitrogens is 1. The van der Waals surface area contributed by atoms with Gasteiger partial charge in [-0.1, -0.05) is 49.4 Å². The number of pyridine rings is 1. The van der Waals surface area contributed by atoms with Crippen LogP contribution in [0.15, 0.2) is 54.6 Å². The predicted molar refractivity (Wildman–Crippen MR) is 127 cm³/mol. The summed E-state index contributed by atoms with van der Waals surface area (Å²) in [4.78, 5) is 30.3. The normalized spacial score (nSPS) is 11.6. The number of carbonyl (C=O) groups is 2. The number of nitrogens with two attached hydrogens (primary N) is 1. The minimum atomic E-state index is -4.66. The van der Waals surface area contributed by atoms with E-state index >= 15 is 0 Å². The van der Waals surface area contributed by atoms with Crippen molar-refractivity contribution in [3.8, 4) is 0 Å². The van der Waals surface area contributed by atoms with Crippen LogP contribution in [0.25, 0.3) is 10.2 Å². The van der Waals surface area contributed by atoms with E-state index in [2.05, 4.69) is 10.3 Å². The van der Waals surface area contributed by atoms with Crippen molar-refractivity contribution in [2.24, 2.45) is 0 Å². The standard InChI is InChI=1S/C25H20F3N3O2S/c1-3-16-13(2)19(25(26,27)28)18-20(29)22(34-24(18)31-16)23(33)30-17-12-8-7-11-15(17)21(32)14-9-5-4-6-10-14/h4-12H,3,29H2,1-2H3,(H,30,33). The first-order valence-electron chi connectivity index (χ1n) is 10.4. The summed E-state index contributed by atoms with van der Waals surface area (Å²) in [5.41, 5.74) is 6.14. The van der Waals surface area contributed by atoms with Crippen molar-refractivity contribution in [2.75, 3.05) is 11.1 Å². The van der Waals surface area contributed by atoms with Gasteiger partial charge >= 0.3 is 6.18 Å². The number of ketones is 1. The van der Waals surface area contributed by atoms with Gasteiger partial charge in [0.15, 0.2) is 5.78 Å². The molecule has 4 rings (SSSR count). The molecule has 2 aromatic carbocycles. The summed E-state index contributed by atoms with van der Waals surface area (Å²) in [6, 6.07) is 15.0. The van der Waals surface area contributed by atoms with Crippen LogP contribution in [-0.4, -0.2) is 16.7 Å². The van der Waals surface area contributed by atoms with Crippen LogP contribution < -0.4 is 11.1 Å². The van der Waals surface area contributed by atoms with Gasteiger partial charge in [0.2, 0.25) is 0 Å². The molecule has 0 atom stereocenters. The van der Waals surface area contributed by atoms with Gasteiger partial charge in [-0.05, 0) is 31.0 Å². The quantitative estimate of drug-likeness (QED) is 0.329. The Morgan fingerprint density at radius 1 is 1.06 bits per heavy atom. The molecule has 0 aliphatic heterocycles. The summed E-state index contributed by atoms with van der Waals surface area (Å²) in [5.74, 6) is -1.01. The van der Waals surface area contributed by atoms with Gasteiger partial charge in [-0.25, -0.2) is 4.98 Å². The Balaban J connectivity index is 1.78. The van der Waals surface area contributed by atoms with Crippen molar-refractivity contribution >= 4 is 44.6 Å². The Bertz CT molecular complexity index is 1410. The van der Waals surface area contributed by atoms with Crippen molar-refractivity contribution in [2.45, 2.75) is 26.4 Å². The monoisotopic (exact) mass is 483 g/mol. The Labute approximate surface area is 197 Å². The van der Waals surface area contributed by atoms with Crippen molar-refractivity contribution in [1.29, 1.82) is 0 Å². The topological polar surface area (TPSA) is 85.1 Å². The largest absolute Gasteiger partial charge is 0.417 e. The number of halogens is 3. The van der Waals surface area contributed by atoms with Crippen LogP contribution in [0.3, 0.4) is 0 Å². The molecular weight excluding hydrogens is 463 g/mol. The number of anilines is 2.